The highest BCUT2D eigenvalue weighted by Gasteiger charge is 2.62. The lowest BCUT2D eigenvalue weighted by molar-refractivity contribution is 0.195. The molecule has 1 aliphatic carbocycles. The van der Waals surface area contributed by atoms with Gasteiger partial charge in [0.2, 0.25) is 0 Å². The molecule has 4 heterocycles. The minimum absolute atomic E-state index is 0.00383. The number of fused-ring (bicyclic) bond motifs is 11. The molecule has 2 unspecified atom stereocenters. The standard InChI is InChI=1S/C73H85BN2S/c1-43-36-51(70(12,13)14)37-44(2)63(43)75-58-38-47(61(45-22-26-48(27-23-45)67(3,4)5)46-24-28-49(29-25-46)68(6,7)8)39-59-62(58)74(56-33-32-54-53-31-30-50(69(9,10)11)42-60(53)77-66(54)65(56)75)57-41-52(71(15,16)17)40-55-64(57)76(59)73(19)35-21-20-34-72(55,73)18/h22-33,36-42,61H,20-21,34-35H2,1-19H3. The van der Waals surface area contributed by atoms with Crippen molar-refractivity contribution in [2.75, 3.05) is 9.80 Å². The fourth-order valence-corrected chi connectivity index (χ4v) is 15.9. The Hall–Kier alpha value is -5.58. The molecule has 1 fully saturated rings. The Morgan fingerprint density at radius 3 is 1.53 bits per heavy atom. The van der Waals surface area contributed by atoms with E-state index in [9.17, 15) is 0 Å². The van der Waals surface area contributed by atoms with Gasteiger partial charge in [0.15, 0.2) is 0 Å². The van der Waals surface area contributed by atoms with Crippen LogP contribution in [0, 0.1) is 13.8 Å². The first kappa shape index (κ1) is 52.1. The Morgan fingerprint density at radius 1 is 0.468 bits per heavy atom. The zero-order chi connectivity index (χ0) is 55.1. The van der Waals surface area contributed by atoms with E-state index < -0.39 is 0 Å². The monoisotopic (exact) mass is 1030 g/mol. The van der Waals surface area contributed by atoms with Crippen LogP contribution < -0.4 is 26.2 Å². The fraction of sp³-hybridized carbons (Fsp3) is 0.425. The highest BCUT2D eigenvalue weighted by molar-refractivity contribution is 7.26. The lowest BCUT2D eigenvalue weighted by Crippen LogP contribution is -2.64. The number of benzene rings is 7. The van der Waals surface area contributed by atoms with E-state index in [4.69, 9.17) is 0 Å². The minimum atomic E-state index is -0.125. The molecule has 396 valence electrons. The number of hydrogen-bond acceptors (Lipinski definition) is 3. The van der Waals surface area contributed by atoms with Crippen LogP contribution in [0.5, 0.6) is 0 Å². The number of aryl methyl sites for hydroxylation is 2. The molecule has 0 bridgehead atoms. The van der Waals surface area contributed by atoms with E-state index in [0.29, 0.717) is 0 Å². The van der Waals surface area contributed by atoms with Crippen LogP contribution in [0.25, 0.3) is 20.2 Å². The van der Waals surface area contributed by atoms with Gasteiger partial charge in [-0.05, 0) is 156 Å². The second kappa shape index (κ2) is 17.0. The summed E-state index contributed by atoms with van der Waals surface area (Å²) in [5, 5.41) is 2.70. The van der Waals surface area contributed by atoms with Crippen molar-refractivity contribution in [1.82, 2.24) is 0 Å². The predicted octanol–water partition coefficient (Wildman–Crippen LogP) is 18.7. The van der Waals surface area contributed by atoms with Crippen molar-refractivity contribution in [3.05, 3.63) is 176 Å². The average molecular weight is 1030 g/mol. The fourth-order valence-electron chi connectivity index (χ4n) is 14.6. The van der Waals surface area contributed by atoms with Gasteiger partial charge in [-0.1, -0.05) is 221 Å². The van der Waals surface area contributed by atoms with Gasteiger partial charge < -0.3 is 9.80 Å². The topological polar surface area (TPSA) is 6.48 Å². The molecule has 0 radical (unpaired) electrons. The number of hydrogen-bond donors (Lipinski definition) is 0. The summed E-state index contributed by atoms with van der Waals surface area (Å²) in [7, 11) is 0. The van der Waals surface area contributed by atoms with E-state index in [1.54, 1.807) is 5.56 Å². The van der Waals surface area contributed by atoms with Gasteiger partial charge >= 0.3 is 0 Å². The largest absolute Gasteiger partial charge is 0.335 e. The number of thiophene rings is 1. The number of anilines is 5. The van der Waals surface area contributed by atoms with Gasteiger partial charge in [0.05, 0.1) is 21.6 Å². The van der Waals surface area contributed by atoms with Crippen molar-refractivity contribution >= 4 is 83.0 Å². The lowest BCUT2D eigenvalue weighted by atomic mass is 9.33. The Kier molecular flexibility index (Phi) is 11.5. The molecule has 1 aromatic heterocycles. The highest BCUT2D eigenvalue weighted by atomic mass is 32.1. The zero-order valence-electron chi connectivity index (χ0n) is 50.3. The zero-order valence-corrected chi connectivity index (χ0v) is 51.1. The molecule has 2 nitrogen and oxygen atoms in total. The second-order valence-corrected chi connectivity index (χ2v) is 31.0. The third-order valence-electron chi connectivity index (χ3n) is 19.5. The highest BCUT2D eigenvalue weighted by Crippen LogP contribution is 2.63. The van der Waals surface area contributed by atoms with Crippen LogP contribution in [0.2, 0.25) is 0 Å². The Morgan fingerprint density at radius 2 is 0.974 bits per heavy atom. The lowest BCUT2D eigenvalue weighted by Gasteiger charge is -2.53. The quantitative estimate of drug-likeness (QED) is 0.128. The molecule has 0 N–H and O–H groups in total. The molecule has 4 aliphatic rings. The van der Waals surface area contributed by atoms with Crippen molar-refractivity contribution in [2.24, 2.45) is 0 Å². The Balaban J connectivity index is 1.26. The summed E-state index contributed by atoms with van der Waals surface area (Å²) in [6, 6.07) is 47.6. The van der Waals surface area contributed by atoms with Crippen LogP contribution in [0.3, 0.4) is 0 Å². The average Bonchev–Trinajstić information content (AvgIpc) is 4.10. The third-order valence-corrected chi connectivity index (χ3v) is 20.7. The molecule has 3 aliphatic heterocycles. The number of rotatable bonds is 4. The van der Waals surface area contributed by atoms with Crippen LogP contribution in [0.1, 0.15) is 211 Å². The van der Waals surface area contributed by atoms with Crippen molar-refractivity contribution in [2.45, 2.75) is 201 Å². The van der Waals surface area contributed by atoms with Gasteiger partial charge in [-0.3, -0.25) is 0 Å². The summed E-state index contributed by atoms with van der Waals surface area (Å²) < 4.78 is 2.75. The minimum Gasteiger partial charge on any atom is -0.335 e. The van der Waals surface area contributed by atoms with Gasteiger partial charge in [0.25, 0.3) is 6.71 Å². The summed E-state index contributed by atoms with van der Waals surface area (Å²) in [6.45, 7) is 45.6. The van der Waals surface area contributed by atoms with Gasteiger partial charge in [0.1, 0.15) is 0 Å². The summed E-state index contributed by atoms with van der Waals surface area (Å²) in [6.07, 6.45) is 4.84. The molecular weight excluding hydrogens is 948 g/mol. The molecule has 0 saturated heterocycles. The van der Waals surface area contributed by atoms with Crippen molar-refractivity contribution < 1.29 is 0 Å². The van der Waals surface area contributed by atoms with Crippen molar-refractivity contribution in [3.8, 4) is 0 Å². The summed E-state index contributed by atoms with van der Waals surface area (Å²) in [5.74, 6) is -0.0139. The molecule has 1 saturated carbocycles. The van der Waals surface area contributed by atoms with E-state index in [-0.39, 0.29) is 50.7 Å². The van der Waals surface area contributed by atoms with Crippen LogP contribution >= 0.6 is 11.3 Å². The molecule has 8 aromatic rings. The van der Waals surface area contributed by atoms with Gasteiger partial charge in [-0.15, -0.1) is 11.3 Å². The second-order valence-electron chi connectivity index (χ2n) is 29.9. The maximum atomic E-state index is 2.96. The van der Waals surface area contributed by atoms with E-state index in [0.717, 1.165) is 6.42 Å². The SMILES string of the molecule is Cc1cc(C(C)(C)C)cc(C)c1N1c2cc(C(c3ccc(C(C)(C)C)cc3)c3ccc(C(C)(C)C)cc3)cc3c2B(c2cc(C(C)(C)C)cc4c2N3C2(C)CCCCC42C)c2ccc3c(sc4cc(C(C)(C)C)ccc43)c21. The van der Waals surface area contributed by atoms with E-state index in [1.165, 1.54) is 140 Å². The maximum Gasteiger partial charge on any atom is 0.252 e. The Labute approximate surface area is 467 Å². The van der Waals surface area contributed by atoms with Crippen LogP contribution in [0.15, 0.2) is 115 Å². The molecular formula is C73H85BN2S. The van der Waals surface area contributed by atoms with Gasteiger partial charge in [-0.25, -0.2) is 0 Å². The van der Waals surface area contributed by atoms with E-state index >= 15 is 0 Å². The summed E-state index contributed by atoms with van der Waals surface area (Å²) in [4.78, 5) is 5.77. The van der Waals surface area contributed by atoms with E-state index in [1.807, 2.05) is 11.3 Å². The molecule has 7 aromatic carbocycles. The van der Waals surface area contributed by atoms with Crippen molar-refractivity contribution in [3.63, 3.8) is 0 Å². The molecule has 2 atom stereocenters. The third kappa shape index (κ3) is 7.89. The molecule has 77 heavy (non-hydrogen) atoms. The van der Waals surface area contributed by atoms with Crippen molar-refractivity contribution in [1.29, 1.82) is 0 Å². The first-order chi connectivity index (χ1) is 35.9. The van der Waals surface area contributed by atoms with Gasteiger partial charge in [0, 0.05) is 43.9 Å². The first-order valence-corrected chi connectivity index (χ1v) is 30.0. The first-order valence-electron chi connectivity index (χ1n) is 29.2. The molecule has 0 amide bonds. The molecule has 12 rings (SSSR count). The van der Waals surface area contributed by atoms with Crippen LogP contribution in [-0.2, 0) is 32.5 Å². The number of nitrogens with zero attached hydrogens (tertiary/aromatic N) is 2. The molecule has 0 spiro atoms. The smallest absolute Gasteiger partial charge is 0.252 e. The van der Waals surface area contributed by atoms with E-state index in [2.05, 4.69) is 257 Å². The summed E-state index contributed by atoms with van der Waals surface area (Å²) >= 11 is 2.01. The van der Waals surface area contributed by atoms with Crippen LogP contribution in [-0.4, -0.2) is 12.3 Å². The summed E-state index contributed by atoms with van der Waals surface area (Å²) in [5.41, 5.74) is 26.4. The maximum absolute atomic E-state index is 2.96. The normalized spacial score (nSPS) is 19.3. The molecule has 4 heteroatoms. The Bertz CT molecular complexity index is 3640. The predicted molar refractivity (Wildman–Crippen MR) is 338 cm³/mol. The van der Waals surface area contributed by atoms with Gasteiger partial charge in [-0.2, -0.15) is 0 Å². The van der Waals surface area contributed by atoms with Crippen LogP contribution in [0.4, 0.5) is 28.4 Å².